The quantitative estimate of drug-likeness (QED) is 0.473. The second-order valence-corrected chi connectivity index (χ2v) is 4.63. The van der Waals surface area contributed by atoms with Gasteiger partial charge in [0.1, 0.15) is 5.65 Å². The van der Waals surface area contributed by atoms with Gasteiger partial charge >= 0.3 is 0 Å². The van der Waals surface area contributed by atoms with E-state index < -0.39 is 0 Å². The number of aryl methyl sites for hydroxylation is 1. The van der Waals surface area contributed by atoms with Gasteiger partial charge in [-0.2, -0.15) is 0 Å². The van der Waals surface area contributed by atoms with E-state index in [9.17, 15) is 0 Å². The summed E-state index contributed by atoms with van der Waals surface area (Å²) >= 11 is 0. The molecule has 0 aliphatic carbocycles. The minimum absolute atomic E-state index is 0. The van der Waals surface area contributed by atoms with Gasteiger partial charge in [-0.15, -0.1) is 0 Å². The van der Waals surface area contributed by atoms with Crippen LogP contribution in [0.3, 0.4) is 0 Å². The number of hydrogen-bond donors (Lipinski definition) is 0. The molecule has 4 aromatic rings. The van der Waals surface area contributed by atoms with E-state index in [0.717, 1.165) is 11.2 Å². The van der Waals surface area contributed by atoms with Crippen LogP contribution in [0.1, 0.15) is 5.69 Å². The Balaban J connectivity index is 0.00000110. The lowest BCUT2D eigenvalue weighted by molar-refractivity contribution is 0.824. The molecule has 3 heteroatoms. The lowest BCUT2D eigenvalue weighted by Crippen LogP contribution is -1.91. The van der Waals surface area contributed by atoms with Crippen LogP contribution in [0, 0.1) is 6.92 Å². The van der Waals surface area contributed by atoms with Gasteiger partial charge < -0.3 is 5.48 Å². The summed E-state index contributed by atoms with van der Waals surface area (Å²) in [5, 5.41) is 2.46. The highest BCUT2D eigenvalue weighted by Gasteiger charge is 2.09. The topological polar surface area (TPSA) is 48.8 Å². The summed E-state index contributed by atoms with van der Waals surface area (Å²) in [7, 11) is 0. The van der Waals surface area contributed by atoms with Crippen molar-refractivity contribution in [3.63, 3.8) is 0 Å². The first-order chi connectivity index (χ1) is 8.84. The van der Waals surface area contributed by atoms with Crippen molar-refractivity contribution >= 4 is 27.5 Å². The number of para-hydroxylation sites is 2. The van der Waals surface area contributed by atoms with Crippen molar-refractivity contribution < 1.29 is 5.48 Å². The van der Waals surface area contributed by atoms with E-state index >= 15 is 0 Å². The summed E-state index contributed by atoms with van der Waals surface area (Å²) in [4.78, 5) is 4.77. The number of pyridine rings is 1. The van der Waals surface area contributed by atoms with Gasteiger partial charge in [-0.25, -0.2) is 4.98 Å². The fourth-order valence-corrected chi connectivity index (χ4v) is 2.68. The number of aromatic nitrogens is 2. The van der Waals surface area contributed by atoms with Crippen LogP contribution >= 0.6 is 0 Å². The minimum Gasteiger partial charge on any atom is -0.412 e. The molecular weight excluding hydrogens is 236 g/mol. The van der Waals surface area contributed by atoms with Gasteiger partial charge in [0.2, 0.25) is 0 Å². The van der Waals surface area contributed by atoms with Crippen LogP contribution in [0.5, 0.6) is 0 Å². The molecule has 2 heterocycles. The van der Waals surface area contributed by atoms with Crippen LogP contribution in [0.15, 0.2) is 54.6 Å². The Morgan fingerprint density at radius 2 is 1.68 bits per heavy atom. The first-order valence-corrected chi connectivity index (χ1v) is 6.10. The van der Waals surface area contributed by atoms with Crippen LogP contribution in [-0.2, 0) is 0 Å². The van der Waals surface area contributed by atoms with E-state index in [4.69, 9.17) is 4.98 Å². The fourth-order valence-electron chi connectivity index (χ4n) is 2.68. The molecule has 0 aliphatic heterocycles. The standard InChI is InChI=1S/C16H12N2.H2O/c1-11-10-12-6-2-3-7-13(12)16-17-14-8-4-5-9-15(14)18(11)16;/h2-10H,1H3;1H2. The smallest absolute Gasteiger partial charge is 0.146 e. The van der Waals surface area contributed by atoms with Crippen molar-refractivity contribution in [1.29, 1.82) is 0 Å². The summed E-state index contributed by atoms with van der Waals surface area (Å²) in [6, 6.07) is 18.9. The van der Waals surface area contributed by atoms with Crippen LogP contribution < -0.4 is 0 Å². The Morgan fingerprint density at radius 1 is 0.947 bits per heavy atom. The Labute approximate surface area is 110 Å². The second-order valence-electron chi connectivity index (χ2n) is 4.63. The molecule has 0 saturated heterocycles. The lowest BCUT2D eigenvalue weighted by Gasteiger charge is -2.05. The molecule has 3 nitrogen and oxygen atoms in total. The third kappa shape index (κ3) is 1.52. The maximum atomic E-state index is 4.77. The molecule has 0 atom stereocenters. The van der Waals surface area contributed by atoms with Gasteiger partial charge in [0, 0.05) is 11.1 Å². The van der Waals surface area contributed by atoms with Crippen molar-refractivity contribution in [2.45, 2.75) is 6.92 Å². The molecule has 2 N–H and O–H groups in total. The fraction of sp³-hybridized carbons (Fsp3) is 0.0625. The van der Waals surface area contributed by atoms with Crippen molar-refractivity contribution in [1.82, 2.24) is 9.38 Å². The van der Waals surface area contributed by atoms with Gasteiger partial charge in [-0.3, -0.25) is 4.40 Å². The number of imidazole rings is 1. The summed E-state index contributed by atoms with van der Waals surface area (Å²) in [5.74, 6) is 0. The van der Waals surface area contributed by atoms with Gasteiger partial charge in [-0.05, 0) is 30.5 Å². The van der Waals surface area contributed by atoms with E-state index in [1.165, 1.54) is 22.0 Å². The molecule has 2 aromatic heterocycles. The molecule has 94 valence electrons. The summed E-state index contributed by atoms with van der Waals surface area (Å²) < 4.78 is 2.23. The first-order valence-electron chi connectivity index (χ1n) is 6.10. The van der Waals surface area contributed by atoms with Crippen LogP contribution in [-0.4, -0.2) is 14.9 Å². The average Bonchev–Trinajstić information content (AvgIpc) is 2.79. The van der Waals surface area contributed by atoms with E-state index in [1.807, 2.05) is 6.07 Å². The molecule has 0 saturated carbocycles. The molecule has 0 bridgehead atoms. The molecule has 0 amide bonds. The van der Waals surface area contributed by atoms with Gasteiger partial charge in [0.05, 0.1) is 11.0 Å². The summed E-state index contributed by atoms with van der Waals surface area (Å²) in [6.45, 7) is 2.13. The highest BCUT2D eigenvalue weighted by molar-refractivity contribution is 5.98. The molecule has 0 aliphatic rings. The normalized spacial score (nSPS) is 11.0. The SMILES string of the molecule is Cc1cc2ccccc2c2nc3ccccc3n12.O. The van der Waals surface area contributed by atoms with Crippen molar-refractivity contribution in [3.05, 3.63) is 60.3 Å². The molecule has 0 radical (unpaired) electrons. The molecular formula is C16H14N2O. The van der Waals surface area contributed by atoms with E-state index in [2.05, 4.69) is 59.9 Å². The zero-order valence-electron chi connectivity index (χ0n) is 10.6. The third-order valence-corrected chi connectivity index (χ3v) is 3.48. The molecule has 0 spiro atoms. The predicted octanol–water partition coefficient (Wildman–Crippen LogP) is 3.12. The van der Waals surface area contributed by atoms with Gasteiger partial charge in [-0.1, -0.05) is 36.4 Å². The molecule has 2 aromatic carbocycles. The highest BCUT2D eigenvalue weighted by atomic mass is 16.0. The Bertz CT molecular complexity index is 893. The third-order valence-electron chi connectivity index (χ3n) is 3.48. The van der Waals surface area contributed by atoms with Gasteiger partial charge in [0.15, 0.2) is 0 Å². The van der Waals surface area contributed by atoms with Crippen LogP contribution in [0.4, 0.5) is 0 Å². The van der Waals surface area contributed by atoms with Crippen LogP contribution in [0.2, 0.25) is 0 Å². The Kier molecular flexibility index (Phi) is 2.50. The zero-order chi connectivity index (χ0) is 12.1. The molecule has 0 unspecified atom stereocenters. The summed E-state index contributed by atoms with van der Waals surface area (Å²) in [5.41, 5.74) is 4.50. The van der Waals surface area contributed by atoms with Gasteiger partial charge in [0.25, 0.3) is 0 Å². The molecule has 0 fully saturated rings. The first kappa shape index (κ1) is 11.7. The number of nitrogens with zero attached hydrogens (tertiary/aromatic N) is 2. The average molecular weight is 250 g/mol. The maximum Gasteiger partial charge on any atom is 0.146 e. The van der Waals surface area contributed by atoms with E-state index in [-0.39, 0.29) is 5.48 Å². The van der Waals surface area contributed by atoms with Crippen LogP contribution in [0.25, 0.3) is 27.5 Å². The van der Waals surface area contributed by atoms with Crippen molar-refractivity contribution in [2.24, 2.45) is 0 Å². The number of benzene rings is 2. The lowest BCUT2D eigenvalue weighted by atomic mass is 10.1. The van der Waals surface area contributed by atoms with E-state index in [1.54, 1.807) is 0 Å². The second kappa shape index (κ2) is 4.07. The number of hydrogen-bond acceptors (Lipinski definition) is 1. The molecule has 4 rings (SSSR count). The number of rotatable bonds is 0. The molecule has 19 heavy (non-hydrogen) atoms. The predicted molar refractivity (Wildman–Crippen MR) is 78.6 cm³/mol. The number of fused-ring (bicyclic) bond motifs is 5. The Morgan fingerprint density at radius 3 is 2.58 bits per heavy atom. The van der Waals surface area contributed by atoms with E-state index in [0.29, 0.717) is 0 Å². The zero-order valence-corrected chi connectivity index (χ0v) is 10.6. The Hall–Kier alpha value is -2.39. The summed E-state index contributed by atoms with van der Waals surface area (Å²) in [6.07, 6.45) is 0. The largest absolute Gasteiger partial charge is 0.412 e. The van der Waals surface area contributed by atoms with Crippen molar-refractivity contribution in [3.8, 4) is 0 Å². The maximum absolute atomic E-state index is 4.77. The monoisotopic (exact) mass is 250 g/mol. The van der Waals surface area contributed by atoms with Crippen molar-refractivity contribution in [2.75, 3.05) is 0 Å². The highest BCUT2D eigenvalue weighted by Crippen LogP contribution is 2.25. The minimum atomic E-state index is 0.